The first-order chi connectivity index (χ1) is 13.1. The topological polar surface area (TPSA) is 93.1 Å². The summed E-state index contributed by atoms with van der Waals surface area (Å²) in [6.45, 7) is 7.49. The normalized spacial score (nSPS) is 15.8. The molecular weight excluding hydrogens is 376 g/mol. The zero-order chi connectivity index (χ0) is 20.5. The van der Waals surface area contributed by atoms with Crippen molar-refractivity contribution in [3.05, 3.63) is 46.4 Å². The molecule has 1 aliphatic heterocycles. The van der Waals surface area contributed by atoms with Crippen LogP contribution in [0.2, 0.25) is 0 Å². The van der Waals surface area contributed by atoms with E-state index in [2.05, 4.69) is 15.6 Å². The van der Waals surface area contributed by atoms with E-state index in [1.165, 1.54) is 18.7 Å². The van der Waals surface area contributed by atoms with Gasteiger partial charge < -0.3 is 10.6 Å². The number of nitrogens with one attached hydrogen (secondary N) is 2. The minimum Gasteiger partial charge on any atom is -0.326 e. The molecule has 2 aromatic rings. The Bertz CT molecular complexity index is 978. The van der Waals surface area contributed by atoms with Crippen LogP contribution in [0.25, 0.3) is 0 Å². The fourth-order valence-electron chi connectivity index (χ4n) is 2.99. The number of carbonyl (C=O) groups is 2. The van der Waals surface area contributed by atoms with Gasteiger partial charge in [-0.1, -0.05) is 38.6 Å². The van der Waals surface area contributed by atoms with Crippen LogP contribution in [0.5, 0.6) is 0 Å². The third-order valence-electron chi connectivity index (χ3n) is 4.35. The van der Waals surface area contributed by atoms with E-state index in [0.717, 1.165) is 5.69 Å². The van der Waals surface area contributed by atoms with Crippen molar-refractivity contribution >= 4 is 35.0 Å². The van der Waals surface area contributed by atoms with Crippen molar-refractivity contribution in [3.63, 3.8) is 0 Å². The van der Waals surface area contributed by atoms with E-state index in [9.17, 15) is 14.4 Å². The lowest BCUT2D eigenvalue weighted by atomic mass is 9.92. The molecule has 1 unspecified atom stereocenters. The average Bonchev–Trinajstić information content (AvgIpc) is 2.97. The number of hydrogen-bond acceptors (Lipinski definition) is 5. The smallest absolute Gasteiger partial charge is 0.254 e. The van der Waals surface area contributed by atoms with Crippen molar-refractivity contribution < 1.29 is 9.59 Å². The van der Waals surface area contributed by atoms with Crippen LogP contribution < -0.4 is 16.2 Å². The maximum absolute atomic E-state index is 12.6. The van der Waals surface area contributed by atoms with Crippen LogP contribution in [0.3, 0.4) is 0 Å². The number of fused-ring (bicyclic) bond motifs is 1. The van der Waals surface area contributed by atoms with E-state index in [1.807, 2.05) is 20.8 Å². The molecule has 28 heavy (non-hydrogen) atoms. The number of thioether (sulfide) groups is 1. The summed E-state index contributed by atoms with van der Waals surface area (Å²) >= 11 is 1.50. The van der Waals surface area contributed by atoms with Crippen molar-refractivity contribution in [1.29, 1.82) is 0 Å². The fourth-order valence-corrected chi connectivity index (χ4v) is 4.14. The van der Waals surface area contributed by atoms with Gasteiger partial charge in [0.1, 0.15) is 0 Å². The van der Waals surface area contributed by atoms with Crippen LogP contribution in [-0.4, -0.2) is 27.1 Å². The summed E-state index contributed by atoms with van der Waals surface area (Å²) in [5.41, 5.74) is 1.64. The van der Waals surface area contributed by atoms with Crippen molar-refractivity contribution in [3.8, 4) is 0 Å². The molecule has 1 aromatic heterocycles. The maximum atomic E-state index is 12.6. The summed E-state index contributed by atoms with van der Waals surface area (Å²) in [5, 5.41) is 6.18. The van der Waals surface area contributed by atoms with E-state index >= 15 is 0 Å². The molecule has 0 aliphatic carbocycles. The summed E-state index contributed by atoms with van der Waals surface area (Å²) < 4.78 is 1.62. The fraction of sp³-hybridized carbons (Fsp3) is 0.400. The molecule has 1 atom stereocenters. The maximum Gasteiger partial charge on any atom is 0.254 e. The molecule has 0 radical (unpaired) electrons. The summed E-state index contributed by atoms with van der Waals surface area (Å²) in [4.78, 5) is 40.9. The molecule has 0 bridgehead atoms. The number of nitrogens with zero attached hydrogens (tertiary/aromatic N) is 2. The number of aromatic nitrogens is 2. The molecule has 7 nitrogen and oxygen atoms in total. The molecule has 8 heteroatoms. The van der Waals surface area contributed by atoms with Crippen LogP contribution in [-0.2, 0) is 15.0 Å². The highest BCUT2D eigenvalue weighted by Gasteiger charge is 2.29. The van der Waals surface area contributed by atoms with Crippen molar-refractivity contribution in [2.75, 3.05) is 16.4 Å². The Hall–Kier alpha value is -2.61. The standard InChI is InChI=1S/C20H24N4O3S/c1-12(25)21-13-6-5-7-14(8-13)22-17(26)9-15-11-28-19-23-16(20(2,3)4)10-18(27)24(15)19/h5-8,10,15H,9,11H2,1-4H3,(H,21,25)(H,22,26). The van der Waals surface area contributed by atoms with Crippen LogP contribution in [0.1, 0.15) is 45.9 Å². The van der Waals surface area contributed by atoms with Gasteiger partial charge in [-0.05, 0) is 18.2 Å². The molecule has 1 aromatic carbocycles. The minimum absolute atomic E-state index is 0.120. The number of rotatable bonds is 4. The van der Waals surface area contributed by atoms with Crippen molar-refractivity contribution in [2.45, 2.75) is 50.7 Å². The van der Waals surface area contributed by atoms with Crippen LogP contribution in [0, 0.1) is 0 Å². The Morgan fingerprint density at radius 2 is 1.89 bits per heavy atom. The largest absolute Gasteiger partial charge is 0.326 e. The van der Waals surface area contributed by atoms with E-state index in [4.69, 9.17) is 0 Å². The second kappa shape index (κ2) is 7.79. The number of hydrogen-bond donors (Lipinski definition) is 2. The van der Waals surface area contributed by atoms with Gasteiger partial charge in [-0.3, -0.25) is 19.0 Å². The van der Waals surface area contributed by atoms with Crippen LogP contribution >= 0.6 is 11.8 Å². The van der Waals surface area contributed by atoms with Crippen LogP contribution in [0.4, 0.5) is 11.4 Å². The van der Waals surface area contributed by atoms with Gasteiger partial charge in [-0.2, -0.15) is 0 Å². The SMILES string of the molecule is CC(=O)Nc1cccc(NC(=O)CC2CSc3nc(C(C)(C)C)cc(=O)n32)c1. The second-order valence-electron chi connectivity index (χ2n) is 7.86. The van der Waals surface area contributed by atoms with Gasteiger partial charge in [-0.25, -0.2) is 4.98 Å². The highest BCUT2D eigenvalue weighted by Crippen LogP contribution is 2.33. The molecule has 1 aliphatic rings. The molecule has 148 valence electrons. The number of carbonyl (C=O) groups excluding carboxylic acids is 2. The van der Waals surface area contributed by atoms with Crippen LogP contribution in [0.15, 0.2) is 40.3 Å². The number of benzene rings is 1. The van der Waals surface area contributed by atoms with E-state index < -0.39 is 0 Å². The zero-order valence-corrected chi connectivity index (χ0v) is 17.2. The monoisotopic (exact) mass is 400 g/mol. The average molecular weight is 401 g/mol. The third kappa shape index (κ3) is 4.62. The summed E-state index contributed by atoms with van der Waals surface area (Å²) in [5.74, 6) is 0.268. The first-order valence-corrected chi connectivity index (χ1v) is 10.1. The highest BCUT2D eigenvalue weighted by atomic mass is 32.2. The Morgan fingerprint density at radius 3 is 2.54 bits per heavy atom. The van der Waals surface area contributed by atoms with E-state index in [-0.39, 0.29) is 35.3 Å². The summed E-state index contributed by atoms with van der Waals surface area (Å²) in [6.07, 6.45) is 0.181. The molecule has 2 heterocycles. The van der Waals surface area contributed by atoms with Gasteiger partial charge in [0.25, 0.3) is 5.56 Å². The van der Waals surface area contributed by atoms with Gasteiger partial charge in [0.15, 0.2) is 5.16 Å². The summed E-state index contributed by atoms with van der Waals surface area (Å²) in [7, 11) is 0. The highest BCUT2D eigenvalue weighted by molar-refractivity contribution is 7.99. The van der Waals surface area contributed by atoms with Crippen molar-refractivity contribution in [1.82, 2.24) is 9.55 Å². The Kier molecular flexibility index (Phi) is 5.60. The molecule has 0 saturated heterocycles. The number of amides is 2. The molecule has 0 fully saturated rings. The quantitative estimate of drug-likeness (QED) is 0.769. The first-order valence-electron chi connectivity index (χ1n) is 9.08. The molecule has 2 N–H and O–H groups in total. The molecular formula is C20H24N4O3S. The third-order valence-corrected chi connectivity index (χ3v) is 5.44. The van der Waals surface area contributed by atoms with Gasteiger partial charge in [0.2, 0.25) is 11.8 Å². The van der Waals surface area contributed by atoms with Gasteiger partial charge >= 0.3 is 0 Å². The lowest BCUT2D eigenvalue weighted by molar-refractivity contribution is -0.117. The minimum atomic E-state index is -0.229. The molecule has 0 saturated carbocycles. The predicted octanol–water partition coefficient (Wildman–Crippen LogP) is 3.17. The number of anilines is 2. The molecule has 2 amide bonds. The first kappa shape index (κ1) is 20.1. The zero-order valence-electron chi connectivity index (χ0n) is 16.4. The van der Waals surface area contributed by atoms with E-state index in [1.54, 1.807) is 34.9 Å². The Labute approximate surface area is 167 Å². The summed E-state index contributed by atoms with van der Waals surface area (Å²) in [6, 6.07) is 8.29. The van der Waals surface area contributed by atoms with Gasteiger partial charge in [-0.15, -0.1) is 0 Å². The van der Waals surface area contributed by atoms with Crippen molar-refractivity contribution in [2.24, 2.45) is 0 Å². The second-order valence-corrected chi connectivity index (χ2v) is 8.85. The lowest BCUT2D eigenvalue weighted by Crippen LogP contribution is -2.29. The van der Waals surface area contributed by atoms with Gasteiger partial charge in [0, 0.05) is 42.0 Å². The van der Waals surface area contributed by atoms with Gasteiger partial charge in [0.05, 0.1) is 11.7 Å². The lowest BCUT2D eigenvalue weighted by Gasteiger charge is -2.19. The van der Waals surface area contributed by atoms with E-state index in [0.29, 0.717) is 22.3 Å². The Morgan fingerprint density at radius 1 is 1.21 bits per heavy atom. The molecule has 3 rings (SSSR count). The molecule has 0 spiro atoms. The Balaban J connectivity index is 1.72. The predicted molar refractivity (Wildman–Crippen MR) is 111 cm³/mol.